The van der Waals surface area contributed by atoms with E-state index in [2.05, 4.69) is 27.9 Å². The summed E-state index contributed by atoms with van der Waals surface area (Å²) in [6.45, 7) is 2.49. The third-order valence-electron chi connectivity index (χ3n) is 4.08. The Labute approximate surface area is 151 Å². The van der Waals surface area contributed by atoms with Gasteiger partial charge in [0.05, 0.1) is 7.11 Å². The molecule has 1 heterocycles. The highest BCUT2D eigenvalue weighted by Gasteiger charge is 2.22. The van der Waals surface area contributed by atoms with Crippen LogP contribution in [-0.2, 0) is 6.61 Å². The Morgan fingerprint density at radius 3 is 2.79 bits per heavy atom. The van der Waals surface area contributed by atoms with Gasteiger partial charge in [0.15, 0.2) is 11.5 Å². The van der Waals surface area contributed by atoms with Crippen molar-refractivity contribution in [2.24, 2.45) is 0 Å². The highest BCUT2D eigenvalue weighted by Crippen LogP contribution is 2.33. The molecule has 2 aromatic rings. The highest BCUT2D eigenvalue weighted by molar-refractivity contribution is 9.10. The van der Waals surface area contributed by atoms with E-state index in [0.717, 1.165) is 46.8 Å². The van der Waals surface area contributed by atoms with E-state index < -0.39 is 0 Å². The Morgan fingerprint density at radius 1 is 1.17 bits per heavy atom. The summed E-state index contributed by atoms with van der Waals surface area (Å²) in [5.41, 5.74) is 1.06. The van der Waals surface area contributed by atoms with Gasteiger partial charge in [0.25, 0.3) is 0 Å². The summed E-state index contributed by atoms with van der Waals surface area (Å²) < 4.78 is 18.4. The second-order valence-electron chi connectivity index (χ2n) is 6.02. The Hall–Kier alpha value is -1.72. The van der Waals surface area contributed by atoms with Crippen molar-refractivity contribution in [3.05, 3.63) is 52.5 Å². The molecule has 0 bridgehead atoms. The van der Waals surface area contributed by atoms with Crippen molar-refractivity contribution in [2.45, 2.75) is 19.1 Å². The number of hydrogen-bond donors (Lipinski definition) is 0. The number of likely N-dealkylation sites (tertiary alicyclic amines) is 1. The van der Waals surface area contributed by atoms with Crippen molar-refractivity contribution in [2.75, 3.05) is 27.2 Å². The minimum absolute atomic E-state index is 0.212. The van der Waals surface area contributed by atoms with Crippen LogP contribution in [0.1, 0.15) is 12.0 Å². The fourth-order valence-corrected chi connectivity index (χ4v) is 3.13. The third kappa shape index (κ3) is 4.42. The standard InChI is InChI=1S/C19H22BrNO3/c1-21-9-8-17(12-21)24-19-11-15(20)6-7-18(19)23-13-14-4-3-5-16(10-14)22-2/h3-7,10-11,17H,8-9,12-13H2,1-2H3. The molecule has 4 nitrogen and oxygen atoms in total. The minimum Gasteiger partial charge on any atom is -0.497 e. The number of halogens is 1. The molecule has 1 saturated heterocycles. The monoisotopic (exact) mass is 391 g/mol. The van der Waals surface area contributed by atoms with Crippen LogP contribution in [0.4, 0.5) is 0 Å². The van der Waals surface area contributed by atoms with Crippen LogP contribution < -0.4 is 14.2 Å². The molecule has 2 aromatic carbocycles. The zero-order valence-corrected chi connectivity index (χ0v) is 15.6. The predicted molar refractivity (Wildman–Crippen MR) is 98.0 cm³/mol. The number of likely N-dealkylation sites (N-methyl/N-ethyl adjacent to an activating group) is 1. The summed E-state index contributed by atoms with van der Waals surface area (Å²) >= 11 is 3.51. The highest BCUT2D eigenvalue weighted by atomic mass is 79.9. The average Bonchev–Trinajstić information content (AvgIpc) is 2.99. The summed E-state index contributed by atoms with van der Waals surface area (Å²) in [7, 11) is 3.78. The van der Waals surface area contributed by atoms with Gasteiger partial charge in [-0.1, -0.05) is 28.1 Å². The SMILES string of the molecule is COc1cccc(COc2ccc(Br)cc2OC2CCN(C)C2)c1. The lowest BCUT2D eigenvalue weighted by Crippen LogP contribution is -2.21. The van der Waals surface area contributed by atoms with Gasteiger partial charge in [0, 0.05) is 17.6 Å². The summed E-state index contributed by atoms with van der Waals surface area (Å²) in [6, 6.07) is 13.8. The topological polar surface area (TPSA) is 30.9 Å². The van der Waals surface area contributed by atoms with Crippen LogP contribution in [-0.4, -0.2) is 38.3 Å². The smallest absolute Gasteiger partial charge is 0.162 e. The number of ether oxygens (including phenoxy) is 3. The zero-order valence-electron chi connectivity index (χ0n) is 14.0. The van der Waals surface area contributed by atoms with Crippen molar-refractivity contribution in [3.63, 3.8) is 0 Å². The number of benzene rings is 2. The second-order valence-corrected chi connectivity index (χ2v) is 6.94. The molecule has 0 aliphatic carbocycles. The molecule has 0 spiro atoms. The van der Waals surface area contributed by atoms with Crippen molar-refractivity contribution < 1.29 is 14.2 Å². The van der Waals surface area contributed by atoms with Crippen molar-refractivity contribution in [1.82, 2.24) is 4.90 Å². The van der Waals surface area contributed by atoms with Gasteiger partial charge in [-0.2, -0.15) is 0 Å². The first kappa shape index (κ1) is 17.1. The van der Waals surface area contributed by atoms with Gasteiger partial charge in [-0.3, -0.25) is 0 Å². The third-order valence-corrected chi connectivity index (χ3v) is 4.57. The van der Waals surface area contributed by atoms with E-state index in [-0.39, 0.29) is 6.10 Å². The van der Waals surface area contributed by atoms with Crippen molar-refractivity contribution in [1.29, 1.82) is 0 Å². The number of methoxy groups -OCH3 is 1. The first-order valence-electron chi connectivity index (χ1n) is 8.04. The second kappa shape index (κ2) is 7.90. The Kier molecular flexibility index (Phi) is 5.63. The number of nitrogens with zero attached hydrogens (tertiary/aromatic N) is 1. The predicted octanol–water partition coefficient (Wildman–Crippen LogP) is 4.12. The summed E-state index contributed by atoms with van der Waals surface area (Å²) in [5, 5.41) is 0. The molecule has 24 heavy (non-hydrogen) atoms. The molecule has 128 valence electrons. The van der Waals surface area contributed by atoms with E-state index in [0.29, 0.717) is 6.61 Å². The normalized spacial score (nSPS) is 17.7. The number of hydrogen-bond acceptors (Lipinski definition) is 4. The van der Waals surface area contributed by atoms with Gasteiger partial charge in [-0.25, -0.2) is 0 Å². The maximum absolute atomic E-state index is 6.17. The van der Waals surface area contributed by atoms with Gasteiger partial charge in [-0.15, -0.1) is 0 Å². The first-order valence-corrected chi connectivity index (χ1v) is 8.84. The van der Waals surface area contributed by atoms with Crippen LogP contribution in [0.15, 0.2) is 46.9 Å². The molecular weight excluding hydrogens is 370 g/mol. The summed E-state index contributed by atoms with van der Waals surface area (Å²) in [5.74, 6) is 2.38. The van der Waals surface area contributed by atoms with Crippen LogP contribution in [0.3, 0.4) is 0 Å². The molecule has 1 aliphatic heterocycles. The molecule has 0 saturated carbocycles. The average molecular weight is 392 g/mol. The van der Waals surface area contributed by atoms with E-state index >= 15 is 0 Å². The van der Waals surface area contributed by atoms with E-state index in [1.807, 2.05) is 42.5 Å². The molecular formula is C19H22BrNO3. The van der Waals surface area contributed by atoms with Crippen molar-refractivity contribution >= 4 is 15.9 Å². The Bertz CT molecular complexity index is 692. The minimum atomic E-state index is 0.212. The quantitative estimate of drug-likeness (QED) is 0.740. The fraction of sp³-hybridized carbons (Fsp3) is 0.368. The lowest BCUT2D eigenvalue weighted by Gasteiger charge is -2.17. The molecule has 0 N–H and O–H groups in total. The zero-order chi connectivity index (χ0) is 16.9. The number of rotatable bonds is 6. The Morgan fingerprint density at radius 2 is 2.04 bits per heavy atom. The lowest BCUT2D eigenvalue weighted by atomic mass is 10.2. The molecule has 3 rings (SSSR count). The van der Waals surface area contributed by atoms with E-state index in [1.54, 1.807) is 7.11 Å². The van der Waals surface area contributed by atoms with Gasteiger partial charge < -0.3 is 19.1 Å². The summed E-state index contributed by atoms with van der Waals surface area (Å²) in [4.78, 5) is 2.28. The van der Waals surface area contributed by atoms with Crippen LogP contribution >= 0.6 is 15.9 Å². The van der Waals surface area contributed by atoms with Crippen LogP contribution in [0.5, 0.6) is 17.2 Å². The van der Waals surface area contributed by atoms with Gasteiger partial charge in [-0.05, 0) is 49.4 Å². The van der Waals surface area contributed by atoms with E-state index in [4.69, 9.17) is 14.2 Å². The van der Waals surface area contributed by atoms with Gasteiger partial charge in [0.1, 0.15) is 18.5 Å². The molecule has 0 aromatic heterocycles. The van der Waals surface area contributed by atoms with E-state index in [1.165, 1.54) is 0 Å². The maximum atomic E-state index is 6.17. The van der Waals surface area contributed by atoms with E-state index in [9.17, 15) is 0 Å². The molecule has 1 fully saturated rings. The maximum Gasteiger partial charge on any atom is 0.162 e. The van der Waals surface area contributed by atoms with Gasteiger partial charge >= 0.3 is 0 Å². The van der Waals surface area contributed by atoms with Crippen molar-refractivity contribution in [3.8, 4) is 17.2 Å². The van der Waals surface area contributed by atoms with Crippen LogP contribution in [0.25, 0.3) is 0 Å². The van der Waals surface area contributed by atoms with Crippen LogP contribution in [0.2, 0.25) is 0 Å². The summed E-state index contributed by atoms with van der Waals surface area (Å²) in [6.07, 6.45) is 1.25. The molecule has 0 amide bonds. The van der Waals surface area contributed by atoms with Gasteiger partial charge in [0.2, 0.25) is 0 Å². The molecule has 0 radical (unpaired) electrons. The van der Waals surface area contributed by atoms with Crippen LogP contribution in [0, 0.1) is 0 Å². The molecule has 1 unspecified atom stereocenters. The fourth-order valence-electron chi connectivity index (χ4n) is 2.79. The first-order chi connectivity index (χ1) is 11.6. The molecule has 1 aliphatic rings. The lowest BCUT2D eigenvalue weighted by molar-refractivity contribution is 0.192. The molecule has 1 atom stereocenters. The molecule has 5 heteroatoms. The Balaban J connectivity index is 1.70. The largest absolute Gasteiger partial charge is 0.497 e.